The number of carboxylic acids is 1. The van der Waals surface area contributed by atoms with Crippen LogP contribution in [0.5, 0.6) is 23.0 Å². The van der Waals surface area contributed by atoms with Crippen LogP contribution in [0.3, 0.4) is 0 Å². The van der Waals surface area contributed by atoms with Gasteiger partial charge >= 0.3 is 29.8 Å². The van der Waals surface area contributed by atoms with Gasteiger partial charge in [0.15, 0.2) is 5.75 Å². The third kappa shape index (κ3) is 16.0. The largest absolute Gasteiger partial charge is 0.493 e. The third-order valence-electron chi connectivity index (χ3n) is 9.77. The summed E-state index contributed by atoms with van der Waals surface area (Å²) in [6.45, 7) is 11.3. The van der Waals surface area contributed by atoms with Crippen molar-refractivity contribution in [2.75, 3.05) is 13.2 Å². The van der Waals surface area contributed by atoms with Crippen LogP contribution < -0.4 is 18.9 Å². The minimum atomic E-state index is -1.48. The summed E-state index contributed by atoms with van der Waals surface area (Å²) in [5, 5.41) is 10.4. The number of hydrogen-bond acceptors (Lipinski definition) is 11. The van der Waals surface area contributed by atoms with Gasteiger partial charge in [-0.05, 0) is 104 Å². The average molecular weight is 903 g/mol. The number of esters is 4. The highest BCUT2D eigenvalue weighted by Gasteiger charge is 2.23. The van der Waals surface area contributed by atoms with Crippen LogP contribution in [0.1, 0.15) is 106 Å². The van der Waals surface area contributed by atoms with Crippen LogP contribution in [0.2, 0.25) is 0 Å². The van der Waals surface area contributed by atoms with Crippen molar-refractivity contribution < 1.29 is 57.5 Å². The smallest absolute Gasteiger partial charge is 0.343 e. The minimum Gasteiger partial charge on any atom is -0.493 e. The number of benzene rings is 5. The van der Waals surface area contributed by atoms with Crippen molar-refractivity contribution in [1.29, 1.82) is 0 Å². The van der Waals surface area contributed by atoms with Crippen molar-refractivity contribution in [3.63, 3.8) is 0 Å². The maximum Gasteiger partial charge on any atom is 0.343 e. The van der Waals surface area contributed by atoms with Crippen molar-refractivity contribution >= 4 is 29.8 Å². The van der Waals surface area contributed by atoms with Crippen LogP contribution in [0.25, 0.3) is 0 Å². The molecule has 0 aliphatic rings. The Balaban J connectivity index is 1.36. The lowest BCUT2D eigenvalue weighted by atomic mass is 10.1. The SMILES string of the molecule is C=CC(=O)OC(CCC)CCOc1ccc(C(=O)Oc2cc(C#Cc3ccc(C#Cc4ccccc4)cc3)c(OC(=O)c3ccc(OCCC(CCC)OC(=O)C=C)cc3)c(C(=O)O)c2)cc1. The Kier molecular flexibility index (Phi) is 19.1. The van der Waals surface area contributed by atoms with Crippen molar-refractivity contribution in [2.45, 2.75) is 64.6 Å². The molecule has 2 atom stereocenters. The number of carbonyl (C=O) groups is 5. The van der Waals surface area contributed by atoms with E-state index in [-0.39, 0.29) is 53.6 Å². The van der Waals surface area contributed by atoms with Gasteiger partial charge < -0.3 is 33.5 Å². The summed E-state index contributed by atoms with van der Waals surface area (Å²) in [4.78, 5) is 63.2. The normalized spacial score (nSPS) is 11.1. The molecule has 5 aromatic rings. The lowest BCUT2D eigenvalue weighted by Crippen LogP contribution is -2.19. The van der Waals surface area contributed by atoms with Gasteiger partial charge in [-0.2, -0.15) is 0 Å². The van der Waals surface area contributed by atoms with Gasteiger partial charge in [0.1, 0.15) is 35.0 Å². The summed E-state index contributed by atoms with van der Waals surface area (Å²) in [6, 6.07) is 31.1. The van der Waals surface area contributed by atoms with E-state index in [4.69, 9.17) is 28.4 Å². The van der Waals surface area contributed by atoms with Crippen molar-refractivity contribution in [3.05, 3.63) is 180 Å². The van der Waals surface area contributed by atoms with Crippen molar-refractivity contribution in [2.24, 2.45) is 0 Å². The first kappa shape index (κ1) is 49.7. The van der Waals surface area contributed by atoms with E-state index in [0.717, 1.165) is 42.2 Å². The van der Waals surface area contributed by atoms with Gasteiger partial charge in [-0.1, -0.05) is 81.7 Å². The molecule has 0 radical (unpaired) electrons. The van der Waals surface area contributed by atoms with E-state index >= 15 is 0 Å². The molecule has 0 saturated heterocycles. The van der Waals surface area contributed by atoms with E-state index in [1.165, 1.54) is 30.3 Å². The molecule has 0 fully saturated rings. The van der Waals surface area contributed by atoms with Crippen LogP contribution in [0.4, 0.5) is 0 Å². The Morgan fingerprint density at radius 1 is 0.552 bits per heavy atom. The molecular formula is C55H50O12. The Morgan fingerprint density at radius 2 is 1.00 bits per heavy atom. The zero-order valence-corrected chi connectivity index (χ0v) is 37.3. The first-order valence-electron chi connectivity index (χ1n) is 21.6. The van der Waals surface area contributed by atoms with E-state index in [0.29, 0.717) is 42.7 Å². The van der Waals surface area contributed by atoms with Crippen LogP contribution in [0, 0.1) is 23.7 Å². The fraction of sp³-hybridized carbons (Fsp3) is 0.218. The first-order valence-corrected chi connectivity index (χ1v) is 21.6. The summed E-state index contributed by atoms with van der Waals surface area (Å²) in [6.07, 6.45) is 5.39. The maximum atomic E-state index is 13.6. The minimum absolute atomic E-state index is 0.0494. The number of aromatic carboxylic acids is 1. The van der Waals surface area contributed by atoms with Crippen molar-refractivity contribution in [3.8, 4) is 46.7 Å². The Labute approximate surface area is 390 Å². The molecule has 1 N–H and O–H groups in total. The van der Waals surface area contributed by atoms with Gasteiger partial charge in [-0.15, -0.1) is 0 Å². The fourth-order valence-corrected chi connectivity index (χ4v) is 6.37. The molecule has 0 amide bonds. The molecule has 0 heterocycles. The predicted molar refractivity (Wildman–Crippen MR) is 251 cm³/mol. The van der Waals surface area contributed by atoms with Crippen LogP contribution in [0.15, 0.2) is 141 Å². The van der Waals surface area contributed by atoms with E-state index < -0.39 is 35.4 Å². The first-order chi connectivity index (χ1) is 32.5. The van der Waals surface area contributed by atoms with Gasteiger partial charge in [0.05, 0.1) is 29.9 Å². The maximum absolute atomic E-state index is 13.6. The Bertz CT molecular complexity index is 2640. The average Bonchev–Trinajstić information content (AvgIpc) is 3.34. The second kappa shape index (κ2) is 25.8. The molecule has 12 nitrogen and oxygen atoms in total. The van der Waals surface area contributed by atoms with E-state index in [1.807, 2.05) is 44.2 Å². The molecule has 0 saturated carbocycles. The zero-order chi connectivity index (χ0) is 48.0. The number of hydrogen-bond donors (Lipinski definition) is 1. The van der Waals surface area contributed by atoms with Crippen LogP contribution >= 0.6 is 0 Å². The van der Waals surface area contributed by atoms with E-state index in [9.17, 15) is 29.1 Å². The quantitative estimate of drug-likeness (QED) is 0.0322. The van der Waals surface area contributed by atoms with Crippen molar-refractivity contribution in [1.82, 2.24) is 0 Å². The fourth-order valence-electron chi connectivity index (χ4n) is 6.37. The van der Waals surface area contributed by atoms with E-state index in [2.05, 4.69) is 36.8 Å². The van der Waals surface area contributed by atoms with Gasteiger partial charge in [-0.25, -0.2) is 24.0 Å². The highest BCUT2D eigenvalue weighted by atomic mass is 16.6. The summed E-state index contributed by atoms with van der Waals surface area (Å²) >= 11 is 0. The highest BCUT2D eigenvalue weighted by molar-refractivity contribution is 5.98. The molecule has 12 heteroatoms. The monoisotopic (exact) mass is 902 g/mol. The standard InChI is InChI=1S/C55H50O12/c1-5-12-46(64-50(56)7-3)32-34-62-44-28-24-41(25-29-44)54(60)66-48-36-43(23-22-40-20-18-39(19-21-40)17-16-38-14-10-9-11-15-38)52(49(37-48)53(58)59)67-55(61)42-26-30-45(31-27-42)63-35-33-47(13-6-2)65-51(57)8-4/h7-11,14-15,18-21,24-31,36-37,46-47H,3-6,12-13,32-35H2,1-2H3,(H,58,59). The molecule has 2 unspecified atom stereocenters. The number of carboxylic acid groups (broad SMARTS) is 1. The molecule has 0 aromatic heterocycles. The molecule has 0 bridgehead atoms. The molecule has 0 aliphatic carbocycles. The number of carbonyl (C=O) groups excluding carboxylic acids is 4. The third-order valence-corrected chi connectivity index (χ3v) is 9.77. The molecule has 0 aliphatic heterocycles. The second-order valence-corrected chi connectivity index (χ2v) is 14.8. The number of rotatable bonds is 21. The Morgan fingerprint density at radius 3 is 1.45 bits per heavy atom. The molecule has 342 valence electrons. The van der Waals surface area contributed by atoms with Crippen LogP contribution in [-0.4, -0.2) is 60.4 Å². The lowest BCUT2D eigenvalue weighted by molar-refractivity contribution is -0.144. The lowest BCUT2D eigenvalue weighted by Gasteiger charge is -2.16. The zero-order valence-electron chi connectivity index (χ0n) is 37.3. The topological polar surface area (TPSA) is 161 Å². The van der Waals surface area contributed by atoms with Gasteiger partial charge in [0, 0.05) is 47.8 Å². The number of ether oxygens (including phenoxy) is 6. The molecule has 0 spiro atoms. The van der Waals surface area contributed by atoms with Gasteiger partial charge in [0.2, 0.25) is 0 Å². The molecular weight excluding hydrogens is 853 g/mol. The highest BCUT2D eigenvalue weighted by Crippen LogP contribution is 2.31. The summed E-state index contributed by atoms with van der Waals surface area (Å²) in [5.41, 5.74) is 1.82. The molecule has 67 heavy (non-hydrogen) atoms. The van der Waals surface area contributed by atoms with E-state index in [1.54, 1.807) is 48.5 Å². The second-order valence-electron chi connectivity index (χ2n) is 14.8. The predicted octanol–water partition coefficient (Wildman–Crippen LogP) is 9.96. The molecule has 5 aromatic carbocycles. The Hall–Kier alpha value is -8.35. The van der Waals surface area contributed by atoms with Gasteiger partial charge in [0.25, 0.3) is 0 Å². The summed E-state index contributed by atoms with van der Waals surface area (Å²) in [7, 11) is 0. The summed E-state index contributed by atoms with van der Waals surface area (Å²) in [5.74, 6) is 8.28. The molecule has 5 rings (SSSR count). The van der Waals surface area contributed by atoms with Crippen LogP contribution in [-0.2, 0) is 19.1 Å². The summed E-state index contributed by atoms with van der Waals surface area (Å²) < 4.78 is 33.8. The van der Waals surface area contributed by atoms with Gasteiger partial charge in [-0.3, -0.25) is 0 Å².